The van der Waals surface area contributed by atoms with Gasteiger partial charge >= 0.3 is 12.1 Å². The Balaban J connectivity index is 1.71. The first-order chi connectivity index (χ1) is 15.5. The molecule has 1 heterocycles. The van der Waals surface area contributed by atoms with E-state index in [4.69, 9.17) is 4.74 Å². The van der Waals surface area contributed by atoms with Crippen LogP contribution in [-0.4, -0.2) is 36.0 Å². The molecule has 2 aromatic carbocycles. The fourth-order valence-corrected chi connectivity index (χ4v) is 4.17. The standard InChI is InChI=1S/C25H29F3N2O3/c1-17(19-8-10-20(11-9-19)22(31)33-3)29-23(32)24(2)14-4-5-15-30(24)16-18-6-12-21(13-7-18)25(26,27)28/h6-13,17H,4-5,14-16H2,1-3H3,(H,29,32)/t17-,24-/m0/s1. The summed E-state index contributed by atoms with van der Waals surface area (Å²) in [6.45, 7) is 4.84. The zero-order valence-electron chi connectivity index (χ0n) is 19.0. The van der Waals surface area contributed by atoms with E-state index in [1.807, 2.05) is 18.7 Å². The first-order valence-corrected chi connectivity index (χ1v) is 10.9. The quantitative estimate of drug-likeness (QED) is 0.606. The van der Waals surface area contributed by atoms with Gasteiger partial charge < -0.3 is 10.1 Å². The second-order valence-electron chi connectivity index (χ2n) is 8.66. The van der Waals surface area contributed by atoms with Crippen LogP contribution in [0, 0.1) is 0 Å². The van der Waals surface area contributed by atoms with E-state index in [9.17, 15) is 22.8 Å². The van der Waals surface area contributed by atoms with Crippen molar-refractivity contribution in [1.82, 2.24) is 10.2 Å². The van der Waals surface area contributed by atoms with Gasteiger partial charge in [-0.25, -0.2) is 4.79 Å². The molecule has 2 atom stereocenters. The van der Waals surface area contributed by atoms with Crippen LogP contribution in [0.2, 0.25) is 0 Å². The average Bonchev–Trinajstić information content (AvgIpc) is 2.80. The van der Waals surface area contributed by atoms with Crippen LogP contribution in [0.5, 0.6) is 0 Å². The molecule has 1 aliphatic rings. The number of carbonyl (C=O) groups excluding carboxylic acids is 2. The van der Waals surface area contributed by atoms with Gasteiger partial charge in [-0.15, -0.1) is 0 Å². The number of rotatable bonds is 6. The highest BCUT2D eigenvalue weighted by Crippen LogP contribution is 2.32. The number of hydrogen-bond donors (Lipinski definition) is 1. The topological polar surface area (TPSA) is 58.6 Å². The summed E-state index contributed by atoms with van der Waals surface area (Å²) < 4.78 is 43.3. The van der Waals surface area contributed by atoms with Gasteiger partial charge in [0.05, 0.1) is 29.8 Å². The van der Waals surface area contributed by atoms with Crippen molar-refractivity contribution in [3.05, 3.63) is 70.8 Å². The van der Waals surface area contributed by atoms with Crippen LogP contribution < -0.4 is 5.32 Å². The molecule has 0 saturated carbocycles. The summed E-state index contributed by atoms with van der Waals surface area (Å²) in [5.41, 5.74) is 0.556. The second-order valence-corrected chi connectivity index (χ2v) is 8.66. The van der Waals surface area contributed by atoms with Gasteiger partial charge in [0.1, 0.15) is 0 Å². The monoisotopic (exact) mass is 462 g/mol. The van der Waals surface area contributed by atoms with Crippen LogP contribution in [0.1, 0.15) is 66.2 Å². The fraction of sp³-hybridized carbons (Fsp3) is 0.440. The first kappa shape index (κ1) is 24.8. The number of benzene rings is 2. The minimum absolute atomic E-state index is 0.126. The number of halogens is 3. The minimum atomic E-state index is -4.37. The van der Waals surface area contributed by atoms with E-state index in [-0.39, 0.29) is 11.9 Å². The summed E-state index contributed by atoms with van der Waals surface area (Å²) in [4.78, 5) is 27.0. The molecule has 0 bridgehead atoms. The largest absolute Gasteiger partial charge is 0.465 e. The van der Waals surface area contributed by atoms with Crippen molar-refractivity contribution in [1.29, 1.82) is 0 Å². The number of alkyl halides is 3. The molecule has 1 N–H and O–H groups in total. The Labute approximate surface area is 191 Å². The smallest absolute Gasteiger partial charge is 0.416 e. The molecular weight excluding hydrogens is 433 g/mol. The number of amides is 1. The summed E-state index contributed by atoms with van der Waals surface area (Å²) in [7, 11) is 1.32. The lowest BCUT2D eigenvalue weighted by Crippen LogP contribution is -2.58. The SMILES string of the molecule is COC(=O)c1ccc([C@H](C)NC(=O)[C@]2(C)CCCCN2Cc2ccc(C(F)(F)F)cc2)cc1. The molecule has 0 unspecified atom stereocenters. The van der Waals surface area contributed by atoms with E-state index in [1.165, 1.54) is 19.2 Å². The number of hydrogen-bond acceptors (Lipinski definition) is 4. The Hall–Kier alpha value is -2.87. The van der Waals surface area contributed by atoms with Crippen LogP contribution in [0.4, 0.5) is 13.2 Å². The molecule has 0 radical (unpaired) electrons. The molecular formula is C25H29F3N2O3. The third-order valence-corrected chi connectivity index (χ3v) is 6.36. The van der Waals surface area contributed by atoms with Crippen molar-refractivity contribution >= 4 is 11.9 Å². The van der Waals surface area contributed by atoms with Gasteiger partial charge in [-0.3, -0.25) is 9.69 Å². The highest BCUT2D eigenvalue weighted by Gasteiger charge is 2.41. The normalized spacial score (nSPS) is 20.2. The van der Waals surface area contributed by atoms with Crippen molar-refractivity contribution in [2.75, 3.05) is 13.7 Å². The second kappa shape index (κ2) is 9.95. The lowest BCUT2D eigenvalue weighted by Gasteiger charge is -2.44. The Morgan fingerprint density at radius 1 is 1.09 bits per heavy atom. The maximum Gasteiger partial charge on any atom is 0.416 e. The molecule has 2 aromatic rings. The van der Waals surface area contributed by atoms with Crippen molar-refractivity contribution in [2.24, 2.45) is 0 Å². The molecule has 178 valence electrons. The molecule has 1 saturated heterocycles. The van der Waals surface area contributed by atoms with Gasteiger partial charge in [-0.2, -0.15) is 13.2 Å². The Morgan fingerprint density at radius 3 is 2.30 bits per heavy atom. The molecule has 8 heteroatoms. The number of ether oxygens (including phenoxy) is 1. The number of piperidine rings is 1. The maximum absolute atomic E-state index is 13.3. The average molecular weight is 463 g/mol. The highest BCUT2D eigenvalue weighted by molar-refractivity contribution is 5.89. The molecule has 3 rings (SSSR count). The van der Waals surface area contributed by atoms with E-state index in [0.717, 1.165) is 36.1 Å². The molecule has 0 aromatic heterocycles. The number of methoxy groups -OCH3 is 1. The van der Waals surface area contributed by atoms with Crippen molar-refractivity contribution in [3.8, 4) is 0 Å². The Bertz CT molecular complexity index is 974. The van der Waals surface area contributed by atoms with Gasteiger partial charge in [-0.1, -0.05) is 24.3 Å². The molecule has 1 amide bonds. The van der Waals surface area contributed by atoms with Crippen LogP contribution in [0.25, 0.3) is 0 Å². The molecule has 5 nitrogen and oxygen atoms in total. The fourth-order valence-electron chi connectivity index (χ4n) is 4.17. The van der Waals surface area contributed by atoms with Crippen LogP contribution in [-0.2, 0) is 22.3 Å². The molecule has 0 aliphatic carbocycles. The van der Waals surface area contributed by atoms with Crippen LogP contribution in [0.15, 0.2) is 48.5 Å². The summed E-state index contributed by atoms with van der Waals surface area (Å²) in [5.74, 6) is -0.550. The Morgan fingerprint density at radius 2 is 1.73 bits per heavy atom. The van der Waals surface area contributed by atoms with Gasteiger partial charge in [0.2, 0.25) is 5.91 Å². The minimum Gasteiger partial charge on any atom is -0.465 e. The zero-order valence-corrected chi connectivity index (χ0v) is 19.0. The summed E-state index contributed by atoms with van der Waals surface area (Å²) in [6, 6.07) is 11.7. The van der Waals surface area contributed by atoms with Crippen molar-refractivity contribution in [2.45, 2.75) is 57.4 Å². The van der Waals surface area contributed by atoms with Crippen LogP contribution in [0.3, 0.4) is 0 Å². The molecule has 1 fully saturated rings. The maximum atomic E-state index is 13.3. The zero-order chi connectivity index (χ0) is 24.2. The van der Waals surface area contributed by atoms with E-state index in [2.05, 4.69) is 5.32 Å². The summed E-state index contributed by atoms with van der Waals surface area (Å²) >= 11 is 0. The third-order valence-electron chi connectivity index (χ3n) is 6.36. The van der Waals surface area contributed by atoms with Gasteiger partial charge in [0.25, 0.3) is 0 Å². The van der Waals surface area contributed by atoms with E-state index >= 15 is 0 Å². The van der Waals surface area contributed by atoms with Crippen LogP contribution >= 0.6 is 0 Å². The number of esters is 1. The molecule has 33 heavy (non-hydrogen) atoms. The predicted octanol–water partition coefficient (Wildman–Crippen LogP) is 5.11. The lowest BCUT2D eigenvalue weighted by atomic mass is 9.86. The highest BCUT2D eigenvalue weighted by atomic mass is 19.4. The number of nitrogens with zero attached hydrogens (tertiary/aromatic N) is 1. The Kier molecular flexibility index (Phi) is 7.47. The number of likely N-dealkylation sites (tertiary alicyclic amines) is 1. The summed E-state index contributed by atoms with van der Waals surface area (Å²) in [5, 5.41) is 3.07. The molecule has 1 aliphatic heterocycles. The number of carbonyl (C=O) groups is 2. The number of nitrogens with one attached hydrogen (secondary N) is 1. The van der Waals surface area contributed by atoms with E-state index < -0.39 is 23.2 Å². The lowest BCUT2D eigenvalue weighted by molar-refractivity contribution is -0.137. The van der Waals surface area contributed by atoms with Gasteiger partial charge in [0, 0.05) is 6.54 Å². The molecule has 0 spiro atoms. The summed E-state index contributed by atoms with van der Waals surface area (Å²) in [6.07, 6.45) is -1.89. The third kappa shape index (κ3) is 5.74. The van der Waals surface area contributed by atoms with Crippen molar-refractivity contribution in [3.63, 3.8) is 0 Å². The van der Waals surface area contributed by atoms with Gasteiger partial charge in [-0.05, 0) is 75.0 Å². The van der Waals surface area contributed by atoms with Gasteiger partial charge in [0.15, 0.2) is 0 Å². The van der Waals surface area contributed by atoms with Crippen molar-refractivity contribution < 1.29 is 27.5 Å². The first-order valence-electron chi connectivity index (χ1n) is 10.9. The van der Waals surface area contributed by atoms with E-state index in [1.54, 1.807) is 24.3 Å². The van der Waals surface area contributed by atoms with E-state index in [0.29, 0.717) is 25.1 Å². The predicted molar refractivity (Wildman–Crippen MR) is 118 cm³/mol.